The van der Waals surface area contributed by atoms with Crippen LogP contribution in [0.25, 0.3) is 0 Å². The Hall–Kier alpha value is -1.97. The molecule has 20 heavy (non-hydrogen) atoms. The molecule has 1 heterocycles. The Balaban J connectivity index is 2.45. The van der Waals surface area contributed by atoms with Crippen molar-refractivity contribution in [3.05, 3.63) is 44.0 Å². The fraction of sp³-hybridized carbons (Fsp3) is 0. The minimum Gasteiger partial charge on any atom is -0.432 e. The molecule has 0 aliphatic rings. The summed E-state index contributed by atoms with van der Waals surface area (Å²) in [6, 6.07) is 4.84. The number of hydrogen-bond donors (Lipinski definition) is 2. The highest BCUT2D eigenvalue weighted by Gasteiger charge is 2.20. The number of anilines is 1. The molecule has 0 unspecified atom stereocenters. The number of nitrogens with two attached hydrogens (primary N) is 1. The van der Waals surface area contributed by atoms with E-state index < -0.39 is 10.6 Å². The number of nitro groups is 1. The average Bonchev–Trinajstić information content (AvgIpc) is 2.42. The second kappa shape index (κ2) is 5.99. The Morgan fingerprint density at radius 2 is 2.25 bits per heavy atom. The molecule has 1 aromatic heterocycles. The SMILES string of the molecule is NNc1ncc([N+](=O)[O-])c(Oc2cc(Br)ccc2Cl)n1. The molecule has 0 saturated heterocycles. The number of benzene rings is 1. The second-order valence-corrected chi connectivity index (χ2v) is 4.79. The van der Waals surface area contributed by atoms with Gasteiger partial charge < -0.3 is 4.74 Å². The number of nitrogen functional groups attached to an aromatic ring is 1. The summed E-state index contributed by atoms with van der Waals surface area (Å²) in [4.78, 5) is 17.7. The van der Waals surface area contributed by atoms with E-state index in [9.17, 15) is 10.1 Å². The molecule has 104 valence electrons. The molecule has 0 aliphatic heterocycles. The maximum Gasteiger partial charge on any atom is 0.349 e. The van der Waals surface area contributed by atoms with Gasteiger partial charge in [-0.2, -0.15) is 4.98 Å². The zero-order chi connectivity index (χ0) is 14.7. The molecule has 0 amide bonds. The summed E-state index contributed by atoms with van der Waals surface area (Å²) >= 11 is 9.20. The first-order valence-corrected chi connectivity index (χ1v) is 6.29. The van der Waals surface area contributed by atoms with E-state index in [0.717, 1.165) is 6.20 Å². The minimum atomic E-state index is -0.665. The summed E-state index contributed by atoms with van der Waals surface area (Å²) in [7, 11) is 0. The van der Waals surface area contributed by atoms with Crippen LogP contribution >= 0.6 is 27.5 Å². The molecule has 0 spiro atoms. The van der Waals surface area contributed by atoms with Crippen LogP contribution in [0.1, 0.15) is 0 Å². The van der Waals surface area contributed by atoms with Crippen LogP contribution in [0, 0.1) is 10.1 Å². The lowest BCUT2D eigenvalue weighted by molar-refractivity contribution is -0.386. The topological polar surface area (TPSA) is 116 Å². The van der Waals surface area contributed by atoms with Crippen LogP contribution in [0.2, 0.25) is 5.02 Å². The lowest BCUT2D eigenvalue weighted by Crippen LogP contribution is -2.11. The third-order valence-electron chi connectivity index (χ3n) is 2.16. The Morgan fingerprint density at radius 3 is 2.90 bits per heavy atom. The van der Waals surface area contributed by atoms with Crippen molar-refractivity contribution in [3.63, 3.8) is 0 Å². The zero-order valence-electron chi connectivity index (χ0n) is 9.71. The number of ether oxygens (including phenoxy) is 1. The molecule has 0 bridgehead atoms. The first kappa shape index (κ1) is 14.4. The third-order valence-corrected chi connectivity index (χ3v) is 2.97. The molecule has 1 aromatic carbocycles. The predicted octanol–water partition coefficient (Wildman–Crippen LogP) is 2.88. The number of nitrogens with zero attached hydrogens (tertiary/aromatic N) is 3. The Labute approximate surface area is 126 Å². The van der Waals surface area contributed by atoms with Gasteiger partial charge in [0.1, 0.15) is 11.9 Å². The first-order valence-electron chi connectivity index (χ1n) is 5.12. The highest BCUT2D eigenvalue weighted by Crippen LogP contribution is 2.35. The van der Waals surface area contributed by atoms with Crippen molar-refractivity contribution >= 4 is 39.2 Å². The van der Waals surface area contributed by atoms with E-state index >= 15 is 0 Å². The van der Waals surface area contributed by atoms with Gasteiger partial charge >= 0.3 is 11.6 Å². The molecule has 0 fully saturated rings. The number of aromatic nitrogens is 2. The molecular formula is C10H7BrClN5O3. The zero-order valence-corrected chi connectivity index (χ0v) is 12.1. The summed E-state index contributed by atoms with van der Waals surface area (Å²) < 4.78 is 6.07. The van der Waals surface area contributed by atoms with E-state index in [1.165, 1.54) is 0 Å². The van der Waals surface area contributed by atoms with Gasteiger partial charge in [0.05, 0.1) is 9.95 Å². The van der Waals surface area contributed by atoms with E-state index in [0.29, 0.717) is 4.47 Å². The molecule has 2 rings (SSSR count). The van der Waals surface area contributed by atoms with Crippen LogP contribution in [-0.2, 0) is 0 Å². The van der Waals surface area contributed by atoms with Gasteiger partial charge in [0.2, 0.25) is 5.95 Å². The Kier molecular flexibility index (Phi) is 4.32. The number of nitrogens with one attached hydrogen (secondary N) is 1. The van der Waals surface area contributed by atoms with Gasteiger partial charge in [-0.15, -0.1) is 0 Å². The Morgan fingerprint density at radius 1 is 1.50 bits per heavy atom. The van der Waals surface area contributed by atoms with Crippen molar-refractivity contribution in [2.24, 2.45) is 5.84 Å². The van der Waals surface area contributed by atoms with Gasteiger partial charge in [0.25, 0.3) is 0 Å². The van der Waals surface area contributed by atoms with Gasteiger partial charge in [0.15, 0.2) is 0 Å². The van der Waals surface area contributed by atoms with Crippen molar-refractivity contribution in [2.45, 2.75) is 0 Å². The summed E-state index contributed by atoms with van der Waals surface area (Å²) in [6.45, 7) is 0. The van der Waals surface area contributed by atoms with Crippen molar-refractivity contribution in [3.8, 4) is 11.6 Å². The summed E-state index contributed by atoms with van der Waals surface area (Å²) in [5.74, 6) is 5.09. The number of hydrogen-bond acceptors (Lipinski definition) is 7. The standard InChI is InChI=1S/C10H7BrClN5O3/c11-5-1-2-6(12)8(3-5)20-9-7(17(18)19)4-14-10(15-9)16-13/h1-4H,13H2,(H,14,15,16). The van der Waals surface area contributed by atoms with Gasteiger partial charge in [-0.3, -0.25) is 15.5 Å². The predicted molar refractivity (Wildman–Crippen MR) is 75.7 cm³/mol. The van der Waals surface area contributed by atoms with Gasteiger partial charge in [-0.05, 0) is 18.2 Å². The van der Waals surface area contributed by atoms with E-state index in [-0.39, 0.29) is 22.6 Å². The molecule has 0 radical (unpaired) electrons. The quantitative estimate of drug-likeness (QED) is 0.489. The highest BCUT2D eigenvalue weighted by atomic mass is 79.9. The lowest BCUT2D eigenvalue weighted by Gasteiger charge is -2.08. The van der Waals surface area contributed by atoms with Crippen molar-refractivity contribution in [1.29, 1.82) is 0 Å². The van der Waals surface area contributed by atoms with Crippen LogP contribution in [0.4, 0.5) is 11.6 Å². The molecule has 8 nitrogen and oxygen atoms in total. The van der Waals surface area contributed by atoms with Crippen LogP contribution in [0.15, 0.2) is 28.9 Å². The van der Waals surface area contributed by atoms with Crippen molar-refractivity contribution in [1.82, 2.24) is 9.97 Å². The Bertz CT molecular complexity index is 669. The van der Waals surface area contributed by atoms with Crippen LogP contribution in [0.5, 0.6) is 11.6 Å². The summed E-state index contributed by atoms with van der Waals surface area (Å²) in [6.07, 6.45) is 0.990. The smallest absolute Gasteiger partial charge is 0.349 e. The van der Waals surface area contributed by atoms with Crippen LogP contribution in [0.3, 0.4) is 0 Å². The normalized spacial score (nSPS) is 10.2. The fourth-order valence-corrected chi connectivity index (χ4v) is 1.79. The lowest BCUT2D eigenvalue weighted by atomic mass is 10.3. The maximum absolute atomic E-state index is 10.9. The van der Waals surface area contributed by atoms with Crippen molar-refractivity contribution in [2.75, 3.05) is 5.43 Å². The maximum atomic E-state index is 10.9. The third kappa shape index (κ3) is 3.13. The number of rotatable bonds is 4. The van der Waals surface area contributed by atoms with Crippen LogP contribution < -0.4 is 16.0 Å². The van der Waals surface area contributed by atoms with E-state index in [1.807, 2.05) is 0 Å². The summed E-state index contributed by atoms with van der Waals surface area (Å²) in [5.41, 5.74) is 1.78. The first-order chi connectivity index (χ1) is 9.51. The molecule has 0 aliphatic carbocycles. The molecular weight excluding hydrogens is 353 g/mol. The largest absolute Gasteiger partial charge is 0.432 e. The molecule has 10 heteroatoms. The van der Waals surface area contributed by atoms with E-state index in [4.69, 9.17) is 22.2 Å². The number of hydrazine groups is 1. The van der Waals surface area contributed by atoms with Gasteiger partial charge in [-0.25, -0.2) is 10.8 Å². The summed E-state index contributed by atoms with van der Waals surface area (Å²) in [5, 5.41) is 11.2. The fourth-order valence-electron chi connectivity index (χ4n) is 1.29. The van der Waals surface area contributed by atoms with Gasteiger partial charge in [0, 0.05) is 4.47 Å². The van der Waals surface area contributed by atoms with Crippen molar-refractivity contribution < 1.29 is 9.66 Å². The molecule has 0 saturated carbocycles. The van der Waals surface area contributed by atoms with Gasteiger partial charge in [-0.1, -0.05) is 27.5 Å². The second-order valence-electron chi connectivity index (χ2n) is 3.46. The molecule has 2 aromatic rings. The minimum absolute atomic E-state index is 0.0169. The molecule has 0 atom stereocenters. The molecule has 3 N–H and O–H groups in total. The average molecular weight is 361 g/mol. The number of halogens is 2. The van der Waals surface area contributed by atoms with E-state index in [1.54, 1.807) is 18.2 Å². The monoisotopic (exact) mass is 359 g/mol. The van der Waals surface area contributed by atoms with E-state index in [2.05, 4.69) is 31.3 Å². The van der Waals surface area contributed by atoms with Crippen LogP contribution in [-0.4, -0.2) is 14.9 Å². The highest BCUT2D eigenvalue weighted by molar-refractivity contribution is 9.10.